The van der Waals surface area contributed by atoms with E-state index >= 15 is 0 Å². The Morgan fingerprint density at radius 2 is 2.07 bits per heavy atom. The Labute approximate surface area is 84.6 Å². The fraction of sp³-hybridized carbons (Fsp3) is 0.417. The minimum atomic E-state index is -0.732. The number of aryl methyl sites for hydroxylation is 2. The number of aliphatic carboxylic acids is 1. The maximum atomic E-state index is 10.7. The van der Waals surface area contributed by atoms with Crippen molar-refractivity contribution in [2.45, 2.75) is 27.2 Å². The minimum absolute atomic E-state index is 0.309. The summed E-state index contributed by atoms with van der Waals surface area (Å²) in [5.74, 6) is -1.04. The van der Waals surface area contributed by atoms with Gasteiger partial charge in [-0.1, -0.05) is 30.7 Å². The van der Waals surface area contributed by atoms with E-state index < -0.39 is 5.97 Å². The Kier molecular flexibility index (Phi) is 3.28. The first-order valence-corrected chi connectivity index (χ1v) is 4.79. The molecule has 0 heterocycles. The first-order chi connectivity index (χ1) is 6.50. The van der Waals surface area contributed by atoms with Gasteiger partial charge in [-0.2, -0.15) is 0 Å². The highest BCUT2D eigenvalue weighted by Crippen LogP contribution is 2.15. The van der Waals surface area contributed by atoms with E-state index in [-0.39, 0.29) is 5.92 Å². The van der Waals surface area contributed by atoms with E-state index in [0.717, 1.165) is 5.56 Å². The summed E-state index contributed by atoms with van der Waals surface area (Å²) in [6.45, 7) is 5.80. The van der Waals surface area contributed by atoms with E-state index in [1.807, 2.05) is 26.0 Å². The van der Waals surface area contributed by atoms with E-state index in [4.69, 9.17) is 5.11 Å². The fourth-order valence-electron chi connectivity index (χ4n) is 1.49. The zero-order chi connectivity index (χ0) is 10.7. The van der Waals surface area contributed by atoms with Gasteiger partial charge in [-0.15, -0.1) is 0 Å². The molecule has 0 amide bonds. The zero-order valence-electron chi connectivity index (χ0n) is 8.87. The summed E-state index contributed by atoms with van der Waals surface area (Å²) < 4.78 is 0. The fourth-order valence-corrected chi connectivity index (χ4v) is 1.49. The summed E-state index contributed by atoms with van der Waals surface area (Å²) in [5, 5.41) is 8.79. The van der Waals surface area contributed by atoms with Crippen LogP contribution in [-0.4, -0.2) is 11.1 Å². The largest absolute Gasteiger partial charge is 0.481 e. The van der Waals surface area contributed by atoms with E-state index in [1.165, 1.54) is 11.1 Å². The van der Waals surface area contributed by atoms with Crippen molar-refractivity contribution in [2.24, 2.45) is 5.92 Å². The molecule has 1 N–H and O–H groups in total. The smallest absolute Gasteiger partial charge is 0.306 e. The summed E-state index contributed by atoms with van der Waals surface area (Å²) in [4.78, 5) is 10.7. The number of rotatable bonds is 3. The first kappa shape index (κ1) is 10.8. The normalized spacial score (nSPS) is 12.5. The Morgan fingerprint density at radius 1 is 1.43 bits per heavy atom. The highest BCUT2D eigenvalue weighted by Gasteiger charge is 2.12. The van der Waals surface area contributed by atoms with Gasteiger partial charge >= 0.3 is 5.97 Å². The van der Waals surface area contributed by atoms with Crippen molar-refractivity contribution in [3.8, 4) is 0 Å². The van der Waals surface area contributed by atoms with Gasteiger partial charge in [-0.05, 0) is 31.4 Å². The average molecular weight is 192 g/mol. The van der Waals surface area contributed by atoms with Crippen molar-refractivity contribution in [2.75, 3.05) is 0 Å². The molecule has 1 rings (SSSR count). The van der Waals surface area contributed by atoms with Crippen LogP contribution in [-0.2, 0) is 11.2 Å². The van der Waals surface area contributed by atoms with Crippen molar-refractivity contribution in [3.05, 3.63) is 34.9 Å². The van der Waals surface area contributed by atoms with Crippen molar-refractivity contribution in [1.82, 2.24) is 0 Å². The molecule has 14 heavy (non-hydrogen) atoms. The van der Waals surface area contributed by atoms with Crippen LogP contribution in [0.2, 0.25) is 0 Å². The molecule has 1 atom stereocenters. The molecule has 0 bridgehead atoms. The van der Waals surface area contributed by atoms with Crippen LogP contribution in [0.15, 0.2) is 18.2 Å². The van der Waals surface area contributed by atoms with Crippen LogP contribution < -0.4 is 0 Å². The molecule has 0 aliphatic heterocycles. The van der Waals surface area contributed by atoms with Crippen molar-refractivity contribution in [3.63, 3.8) is 0 Å². The second kappa shape index (κ2) is 4.27. The summed E-state index contributed by atoms with van der Waals surface area (Å²) >= 11 is 0. The molecule has 0 aliphatic rings. The number of hydrogen-bond acceptors (Lipinski definition) is 1. The molecule has 0 radical (unpaired) electrons. The van der Waals surface area contributed by atoms with Gasteiger partial charge in [-0.25, -0.2) is 0 Å². The van der Waals surface area contributed by atoms with Gasteiger partial charge in [0.15, 0.2) is 0 Å². The van der Waals surface area contributed by atoms with Crippen LogP contribution in [0.5, 0.6) is 0 Å². The van der Waals surface area contributed by atoms with Crippen LogP contribution in [0.25, 0.3) is 0 Å². The predicted octanol–water partition coefficient (Wildman–Crippen LogP) is 2.57. The number of hydrogen-bond donors (Lipinski definition) is 1. The molecule has 0 aliphatic carbocycles. The monoisotopic (exact) mass is 192 g/mol. The van der Waals surface area contributed by atoms with E-state index in [0.29, 0.717) is 6.42 Å². The number of benzene rings is 1. The molecule has 2 heteroatoms. The Morgan fingerprint density at radius 3 is 2.57 bits per heavy atom. The molecule has 0 unspecified atom stereocenters. The zero-order valence-corrected chi connectivity index (χ0v) is 8.87. The molecule has 2 nitrogen and oxygen atoms in total. The molecule has 0 spiro atoms. The van der Waals surface area contributed by atoms with Crippen LogP contribution in [0.4, 0.5) is 0 Å². The molecule has 1 aromatic carbocycles. The van der Waals surface area contributed by atoms with Gasteiger partial charge in [0.1, 0.15) is 0 Å². The Hall–Kier alpha value is -1.31. The lowest BCUT2D eigenvalue weighted by molar-refractivity contribution is -0.141. The molecule has 0 fully saturated rings. The first-order valence-electron chi connectivity index (χ1n) is 4.79. The third-order valence-corrected chi connectivity index (χ3v) is 2.45. The second-order valence-electron chi connectivity index (χ2n) is 3.87. The minimum Gasteiger partial charge on any atom is -0.481 e. The quantitative estimate of drug-likeness (QED) is 0.799. The molecular weight excluding hydrogens is 176 g/mol. The molecule has 0 aromatic heterocycles. The second-order valence-corrected chi connectivity index (χ2v) is 3.87. The van der Waals surface area contributed by atoms with E-state index in [9.17, 15) is 4.79 Å². The van der Waals surface area contributed by atoms with Gasteiger partial charge in [0.2, 0.25) is 0 Å². The van der Waals surface area contributed by atoms with Gasteiger partial charge < -0.3 is 5.11 Å². The lowest BCUT2D eigenvalue weighted by atomic mass is 9.96. The molecular formula is C12H16O2. The molecule has 0 saturated carbocycles. The Bertz CT molecular complexity index is 342. The van der Waals surface area contributed by atoms with Gasteiger partial charge in [0, 0.05) is 0 Å². The van der Waals surface area contributed by atoms with Gasteiger partial charge in [-0.3, -0.25) is 4.79 Å². The summed E-state index contributed by atoms with van der Waals surface area (Å²) in [7, 11) is 0. The highest BCUT2D eigenvalue weighted by molar-refractivity contribution is 5.70. The van der Waals surface area contributed by atoms with Gasteiger partial charge in [0.25, 0.3) is 0 Å². The third-order valence-electron chi connectivity index (χ3n) is 2.45. The van der Waals surface area contributed by atoms with E-state index in [2.05, 4.69) is 6.07 Å². The summed E-state index contributed by atoms with van der Waals surface area (Å²) in [6, 6.07) is 6.13. The molecule has 0 saturated heterocycles. The standard InChI is InChI=1S/C12H16O2/c1-8-4-5-11(9(2)6-8)7-10(3)12(13)14/h4-6,10H,7H2,1-3H3,(H,13,14)/t10-/m1/s1. The average Bonchev–Trinajstić information content (AvgIpc) is 2.09. The highest BCUT2D eigenvalue weighted by atomic mass is 16.4. The number of carboxylic acids is 1. The number of carboxylic acid groups (broad SMARTS) is 1. The van der Waals surface area contributed by atoms with Crippen molar-refractivity contribution < 1.29 is 9.90 Å². The van der Waals surface area contributed by atoms with Crippen LogP contribution in [0.1, 0.15) is 23.6 Å². The van der Waals surface area contributed by atoms with Crippen molar-refractivity contribution >= 4 is 5.97 Å². The SMILES string of the molecule is Cc1ccc(C[C@@H](C)C(=O)O)c(C)c1. The van der Waals surface area contributed by atoms with Gasteiger partial charge in [0.05, 0.1) is 5.92 Å². The Balaban J connectivity index is 2.82. The predicted molar refractivity (Wildman–Crippen MR) is 56.4 cm³/mol. The molecule has 76 valence electrons. The lowest BCUT2D eigenvalue weighted by Crippen LogP contribution is -2.12. The van der Waals surface area contributed by atoms with E-state index in [1.54, 1.807) is 6.92 Å². The topological polar surface area (TPSA) is 37.3 Å². The summed E-state index contributed by atoms with van der Waals surface area (Å²) in [5.41, 5.74) is 3.53. The maximum absolute atomic E-state index is 10.7. The maximum Gasteiger partial charge on any atom is 0.306 e. The number of carbonyl (C=O) groups is 1. The van der Waals surface area contributed by atoms with Crippen LogP contribution >= 0.6 is 0 Å². The lowest BCUT2D eigenvalue weighted by Gasteiger charge is -2.09. The van der Waals surface area contributed by atoms with Crippen molar-refractivity contribution in [1.29, 1.82) is 0 Å². The summed E-state index contributed by atoms with van der Waals surface area (Å²) in [6.07, 6.45) is 0.613. The van der Waals surface area contributed by atoms with Crippen LogP contribution in [0, 0.1) is 19.8 Å². The van der Waals surface area contributed by atoms with Crippen LogP contribution in [0.3, 0.4) is 0 Å². The molecule has 1 aromatic rings. The third kappa shape index (κ3) is 2.59.